The van der Waals surface area contributed by atoms with Gasteiger partial charge >= 0.3 is 0 Å². The molecule has 21 heavy (non-hydrogen) atoms. The van der Waals surface area contributed by atoms with Crippen molar-refractivity contribution in [2.75, 3.05) is 12.4 Å². The average Bonchev–Trinajstić information content (AvgIpc) is 2.50. The van der Waals surface area contributed by atoms with E-state index < -0.39 is 5.41 Å². The number of amides is 1. The van der Waals surface area contributed by atoms with Crippen LogP contribution in [0.1, 0.15) is 32.3 Å². The number of anilines is 1. The van der Waals surface area contributed by atoms with Crippen molar-refractivity contribution in [3.8, 4) is 5.75 Å². The molecule has 0 fully saturated rings. The van der Waals surface area contributed by atoms with E-state index in [2.05, 4.69) is 10.5 Å². The lowest BCUT2D eigenvalue weighted by Crippen LogP contribution is -2.46. The van der Waals surface area contributed by atoms with Gasteiger partial charge in [-0.05, 0) is 43.5 Å². The maximum atomic E-state index is 12.6. The normalized spacial score (nSPS) is 12.1. The third-order valence-electron chi connectivity index (χ3n) is 3.92. The molecule has 0 spiro atoms. The molecule has 6 heteroatoms. The molecule has 0 saturated heterocycles. The number of hydrogen-bond acceptors (Lipinski definition) is 4. The van der Waals surface area contributed by atoms with Crippen LogP contribution in [-0.4, -0.2) is 24.1 Å². The van der Waals surface area contributed by atoms with E-state index in [1.54, 1.807) is 19.2 Å². The number of amidine groups is 1. The molecule has 0 aromatic heterocycles. The van der Waals surface area contributed by atoms with Crippen molar-refractivity contribution in [1.29, 1.82) is 0 Å². The number of rotatable bonds is 6. The number of nitrogens with one attached hydrogen (secondary N) is 1. The molecular formula is C15H23N3O3. The number of carbonyl (C=O) groups is 1. The maximum absolute atomic E-state index is 12.6. The molecule has 0 aliphatic heterocycles. The van der Waals surface area contributed by atoms with Crippen molar-refractivity contribution in [3.05, 3.63) is 23.8 Å². The highest BCUT2D eigenvalue weighted by Crippen LogP contribution is 2.30. The summed E-state index contributed by atoms with van der Waals surface area (Å²) < 4.78 is 5.14. The number of oxime groups is 1. The number of aryl methyl sites for hydroxylation is 1. The van der Waals surface area contributed by atoms with Gasteiger partial charge in [-0.2, -0.15) is 0 Å². The van der Waals surface area contributed by atoms with Crippen LogP contribution in [0.25, 0.3) is 0 Å². The minimum Gasteiger partial charge on any atom is -0.497 e. The first-order valence-electron chi connectivity index (χ1n) is 6.89. The van der Waals surface area contributed by atoms with Crippen LogP contribution in [0.15, 0.2) is 23.4 Å². The van der Waals surface area contributed by atoms with Gasteiger partial charge in [0.2, 0.25) is 5.91 Å². The molecule has 0 aliphatic rings. The molecule has 1 aromatic rings. The second-order valence-corrected chi connectivity index (χ2v) is 4.91. The Labute approximate surface area is 125 Å². The predicted octanol–water partition coefficient (Wildman–Crippen LogP) is 2.49. The minimum absolute atomic E-state index is 0.0730. The van der Waals surface area contributed by atoms with Crippen molar-refractivity contribution in [3.63, 3.8) is 0 Å². The first-order valence-corrected chi connectivity index (χ1v) is 6.89. The number of hydrogen-bond donors (Lipinski definition) is 3. The van der Waals surface area contributed by atoms with E-state index in [0.717, 1.165) is 11.3 Å². The summed E-state index contributed by atoms with van der Waals surface area (Å²) in [4.78, 5) is 12.6. The Hall–Kier alpha value is -2.24. The van der Waals surface area contributed by atoms with Crippen LogP contribution in [0.5, 0.6) is 5.75 Å². The van der Waals surface area contributed by atoms with Crippen molar-refractivity contribution < 1.29 is 14.7 Å². The maximum Gasteiger partial charge on any atom is 0.238 e. The summed E-state index contributed by atoms with van der Waals surface area (Å²) in [5, 5.41) is 14.8. The van der Waals surface area contributed by atoms with Crippen LogP contribution in [0, 0.1) is 12.3 Å². The molecule has 0 heterocycles. The average molecular weight is 293 g/mol. The van der Waals surface area contributed by atoms with E-state index in [0.29, 0.717) is 18.5 Å². The van der Waals surface area contributed by atoms with E-state index in [4.69, 9.17) is 15.7 Å². The van der Waals surface area contributed by atoms with Crippen molar-refractivity contribution >= 4 is 17.4 Å². The molecule has 6 nitrogen and oxygen atoms in total. The molecule has 0 aliphatic carbocycles. The lowest BCUT2D eigenvalue weighted by molar-refractivity contribution is -0.122. The summed E-state index contributed by atoms with van der Waals surface area (Å²) in [6.45, 7) is 5.55. The SMILES string of the molecule is CCC(CC)(C(=O)Nc1ccc(OC)cc1C)C(N)=NO. The van der Waals surface area contributed by atoms with Crippen molar-refractivity contribution in [2.45, 2.75) is 33.6 Å². The molecule has 1 amide bonds. The Morgan fingerprint density at radius 3 is 2.48 bits per heavy atom. The zero-order valence-electron chi connectivity index (χ0n) is 12.9. The number of nitrogens with two attached hydrogens (primary N) is 1. The fourth-order valence-electron chi connectivity index (χ4n) is 2.29. The lowest BCUT2D eigenvalue weighted by atomic mass is 9.80. The Morgan fingerprint density at radius 2 is 2.05 bits per heavy atom. The number of nitrogens with zero attached hydrogens (tertiary/aromatic N) is 1. The van der Waals surface area contributed by atoms with Gasteiger partial charge in [0.1, 0.15) is 11.2 Å². The standard InChI is InChI=1S/C15H23N3O3/c1-5-15(6-2,13(16)18-20)14(19)17-12-8-7-11(21-4)9-10(12)3/h7-9,20H,5-6H2,1-4H3,(H2,16,18)(H,17,19). The van der Waals surface area contributed by atoms with E-state index >= 15 is 0 Å². The van der Waals surface area contributed by atoms with E-state index in [1.807, 2.05) is 26.8 Å². The number of methoxy groups -OCH3 is 1. The van der Waals surface area contributed by atoms with Crippen LogP contribution in [0.3, 0.4) is 0 Å². The topological polar surface area (TPSA) is 96.9 Å². The van der Waals surface area contributed by atoms with Crippen LogP contribution in [-0.2, 0) is 4.79 Å². The summed E-state index contributed by atoms with van der Waals surface area (Å²) in [5.74, 6) is 0.367. The van der Waals surface area contributed by atoms with Crippen molar-refractivity contribution in [2.24, 2.45) is 16.3 Å². The second-order valence-electron chi connectivity index (χ2n) is 4.91. The van der Waals surface area contributed by atoms with Crippen LogP contribution >= 0.6 is 0 Å². The largest absolute Gasteiger partial charge is 0.497 e. The number of carbonyl (C=O) groups excluding carboxylic acids is 1. The quantitative estimate of drug-likeness (QED) is 0.325. The third-order valence-corrected chi connectivity index (χ3v) is 3.92. The Bertz CT molecular complexity index is 537. The molecule has 4 N–H and O–H groups in total. The first kappa shape index (κ1) is 16.8. The van der Waals surface area contributed by atoms with Gasteiger partial charge in [-0.3, -0.25) is 4.79 Å². The predicted molar refractivity (Wildman–Crippen MR) is 82.8 cm³/mol. The van der Waals surface area contributed by atoms with Gasteiger partial charge in [0.15, 0.2) is 5.84 Å². The minimum atomic E-state index is -1.01. The Kier molecular flexibility index (Phi) is 5.58. The first-order chi connectivity index (χ1) is 9.94. The second kappa shape index (κ2) is 6.97. The molecule has 0 unspecified atom stereocenters. The van der Waals surface area contributed by atoms with E-state index in [9.17, 15) is 4.79 Å². The zero-order valence-corrected chi connectivity index (χ0v) is 12.9. The molecule has 0 saturated carbocycles. The fraction of sp³-hybridized carbons (Fsp3) is 0.467. The number of benzene rings is 1. The van der Waals surface area contributed by atoms with Gasteiger partial charge in [0, 0.05) is 5.69 Å². The van der Waals surface area contributed by atoms with Gasteiger partial charge in [-0.15, -0.1) is 0 Å². The monoisotopic (exact) mass is 293 g/mol. The molecule has 0 atom stereocenters. The smallest absolute Gasteiger partial charge is 0.238 e. The molecular weight excluding hydrogens is 270 g/mol. The van der Waals surface area contributed by atoms with E-state index in [-0.39, 0.29) is 11.7 Å². The van der Waals surface area contributed by atoms with Gasteiger partial charge in [0.25, 0.3) is 0 Å². The van der Waals surface area contributed by atoms with Crippen LogP contribution in [0.4, 0.5) is 5.69 Å². The highest BCUT2D eigenvalue weighted by molar-refractivity contribution is 6.12. The van der Waals surface area contributed by atoms with Crippen LogP contribution < -0.4 is 15.8 Å². The summed E-state index contributed by atoms with van der Waals surface area (Å²) in [6.07, 6.45) is 0.890. The molecule has 0 bridgehead atoms. The summed E-state index contributed by atoms with van der Waals surface area (Å²) in [6, 6.07) is 5.37. The molecule has 116 valence electrons. The zero-order chi connectivity index (χ0) is 16.0. The van der Waals surface area contributed by atoms with Gasteiger partial charge in [-0.25, -0.2) is 0 Å². The van der Waals surface area contributed by atoms with Gasteiger partial charge < -0.3 is 21.0 Å². The molecule has 1 aromatic carbocycles. The Morgan fingerprint density at radius 1 is 1.43 bits per heavy atom. The highest BCUT2D eigenvalue weighted by atomic mass is 16.5. The summed E-state index contributed by atoms with van der Waals surface area (Å²) >= 11 is 0. The summed E-state index contributed by atoms with van der Waals surface area (Å²) in [5.41, 5.74) is 6.27. The Balaban J connectivity index is 3.08. The fourth-order valence-corrected chi connectivity index (χ4v) is 2.29. The molecule has 1 rings (SSSR count). The van der Waals surface area contributed by atoms with Crippen molar-refractivity contribution in [1.82, 2.24) is 0 Å². The third kappa shape index (κ3) is 3.26. The lowest BCUT2D eigenvalue weighted by Gasteiger charge is -2.29. The van der Waals surface area contributed by atoms with Gasteiger partial charge in [0.05, 0.1) is 7.11 Å². The molecule has 0 radical (unpaired) electrons. The van der Waals surface area contributed by atoms with Gasteiger partial charge in [-0.1, -0.05) is 19.0 Å². The van der Waals surface area contributed by atoms with Crippen LogP contribution in [0.2, 0.25) is 0 Å². The summed E-state index contributed by atoms with van der Waals surface area (Å²) in [7, 11) is 1.59. The highest BCUT2D eigenvalue weighted by Gasteiger charge is 2.39. The van der Waals surface area contributed by atoms with E-state index in [1.165, 1.54) is 0 Å². The number of ether oxygens (including phenoxy) is 1.